The number of nitrogens with one attached hydrogen (secondary N) is 1. The Morgan fingerprint density at radius 3 is 2.24 bits per heavy atom. The Kier molecular flexibility index (Phi) is 5.76. The Balaban J connectivity index is 2.77. The third kappa shape index (κ3) is 5.10. The van der Waals surface area contributed by atoms with Gasteiger partial charge < -0.3 is 15.3 Å². The van der Waals surface area contributed by atoms with Gasteiger partial charge in [0, 0.05) is 13.1 Å². The second-order valence-electron chi connectivity index (χ2n) is 6.09. The molecule has 0 aliphatic carbocycles. The molecule has 5 nitrogen and oxygen atoms in total. The highest BCUT2D eigenvalue weighted by molar-refractivity contribution is 5.83. The van der Waals surface area contributed by atoms with E-state index in [1.165, 1.54) is 0 Å². The molecule has 1 rings (SSSR count). The highest BCUT2D eigenvalue weighted by atomic mass is 16.4. The van der Waals surface area contributed by atoms with Crippen LogP contribution < -0.4 is 5.32 Å². The summed E-state index contributed by atoms with van der Waals surface area (Å²) in [6, 6.07) is 8.34. The number of carboxylic acids is 1. The number of carbonyl (C=O) groups excluding carboxylic acids is 1. The number of hydrogen-bond donors (Lipinski definition) is 2. The van der Waals surface area contributed by atoms with Crippen LogP contribution in [0.1, 0.15) is 33.3 Å². The summed E-state index contributed by atoms with van der Waals surface area (Å²) >= 11 is 0. The first-order valence-corrected chi connectivity index (χ1v) is 7.08. The molecule has 0 heterocycles. The van der Waals surface area contributed by atoms with Crippen LogP contribution in [0.5, 0.6) is 0 Å². The van der Waals surface area contributed by atoms with Crippen molar-refractivity contribution in [3.8, 4) is 0 Å². The van der Waals surface area contributed by atoms with E-state index in [0.29, 0.717) is 13.1 Å². The third-order valence-corrected chi connectivity index (χ3v) is 3.27. The summed E-state index contributed by atoms with van der Waals surface area (Å²) in [5, 5.41) is 11.9. The predicted octanol–water partition coefficient (Wildman–Crippen LogP) is 2.72. The summed E-state index contributed by atoms with van der Waals surface area (Å²) in [7, 11) is 0. The second-order valence-corrected chi connectivity index (χ2v) is 6.09. The molecule has 0 saturated carbocycles. The molecule has 5 heteroatoms. The van der Waals surface area contributed by atoms with E-state index in [1.807, 2.05) is 37.3 Å². The fraction of sp³-hybridized carbons (Fsp3) is 0.500. The Hall–Kier alpha value is -2.04. The molecule has 0 aromatic heterocycles. The molecule has 2 N–H and O–H groups in total. The van der Waals surface area contributed by atoms with Gasteiger partial charge in [0.15, 0.2) is 0 Å². The lowest BCUT2D eigenvalue weighted by molar-refractivity contribution is -0.142. The minimum absolute atomic E-state index is 0.358. The van der Waals surface area contributed by atoms with Gasteiger partial charge in [0.05, 0.1) is 0 Å². The Morgan fingerprint density at radius 1 is 1.24 bits per heavy atom. The van der Waals surface area contributed by atoms with Gasteiger partial charge in [0.2, 0.25) is 0 Å². The van der Waals surface area contributed by atoms with Crippen LogP contribution >= 0.6 is 0 Å². The van der Waals surface area contributed by atoms with Gasteiger partial charge in [-0.2, -0.15) is 0 Å². The van der Waals surface area contributed by atoms with Crippen molar-refractivity contribution in [2.24, 2.45) is 5.41 Å². The van der Waals surface area contributed by atoms with Crippen LogP contribution in [-0.2, 0) is 11.3 Å². The molecule has 0 aliphatic heterocycles. The number of amides is 2. The molecule has 0 aliphatic rings. The topological polar surface area (TPSA) is 69.6 Å². The number of carbonyl (C=O) groups is 2. The quantitative estimate of drug-likeness (QED) is 0.876. The van der Waals surface area contributed by atoms with Gasteiger partial charge in [0.25, 0.3) is 0 Å². The standard InChI is InChI=1S/C16H24N2O3/c1-5-18(11-12-9-7-6-8-10-12)15(21)17-13(14(19)20)16(2,3)4/h6-10,13H,5,11H2,1-4H3,(H,17,21)(H,19,20). The van der Waals surface area contributed by atoms with Gasteiger partial charge in [-0.3, -0.25) is 0 Å². The molecule has 1 aromatic carbocycles. The van der Waals surface area contributed by atoms with Crippen molar-refractivity contribution in [3.63, 3.8) is 0 Å². The molecule has 0 bridgehead atoms. The molecule has 1 atom stereocenters. The van der Waals surface area contributed by atoms with E-state index in [4.69, 9.17) is 0 Å². The van der Waals surface area contributed by atoms with E-state index in [2.05, 4.69) is 5.32 Å². The molecule has 0 spiro atoms. The first kappa shape index (κ1) is 17.0. The summed E-state index contributed by atoms with van der Waals surface area (Å²) in [5.74, 6) is -1.02. The van der Waals surface area contributed by atoms with Crippen molar-refractivity contribution < 1.29 is 14.7 Å². The van der Waals surface area contributed by atoms with E-state index in [1.54, 1.807) is 25.7 Å². The number of nitrogens with zero attached hydrogens (tertiary/aromatic N) is 1. The number of hydrogen-bond acceptors (Lipinski definition) is 2. The average Bonchev–Trinajstić information content (AvgIpc) is 2.41. The zero-order valence-corrected chi connectivity index (χ0v) is 13.1. The van der Waals surface area contributed by atoms with Crippen molar-refractivity contribution in [2.75, 3.05) is 6.54 Å². The number of aliphatic carboxylic acids is 1. The van der Waals surface area contributed by atoms with Crippen molar-refractivity contribution in [1.29, 1.82) is 0 Å². The smallest absolute Gasteiger partial charge is 0.326 e. The normalized spacial score (nSPS) is 12.6. The molecule has 0 fully saturated rings. The van der Waals surface area contributed by atoms with Gasteiger partial charge in [-0.1, -0.05) is 51.1 Å². The predicted molar refractivity (Wildman–Crippen MR) is 81.9 cm³/mol. The summed E-state index contributed by atoms with van der Waals surface area (Å²) in [4.78, 5) is 25.2. The van der Waals surface area contributed by atoms with Crippen LogP contribution in [0.2, 0.25) is 0 Å². The molecule has 1 aromatic rings. The monoisotopic (exact) mass is 292 g/mol. The SMILES string of the molecule is CCN(Cc1ccccc1)C(=O)NC(C(=O)O)C(C)(C)C. The molecule has 0 saturated heterocycles. The van der Waals surface area contributed by atoms with Crippen LogP contribution in [0, 0.1) is 5.41 Å². The summed E-state index contributed by atoms with van der Waals surface area (Å²) < 4.78 is 0. The number of carboxylic acid groups (broad SMARTS) is 1. The zero-order chi connectivity index (χ0) is 16.0. The summed E-state index contributed by atoms with van der Waals surface area (Å²) in [6.07, 6.45) is 0. The summed E-state index contributed by atoms with van der Waals surface area (Å²) in [6.45, 7) is 8.21. The number of benzene rings is 1. The van der Waals surface area contributed by atoms with E-state index >= 15 is 0 Å². The molecule has 0 radical (unpaired) electrons. The van der Waals surface area contributed by atoms with Crippen molar-refractivity contribution >= 4 is 12.0 Å². The lowest BCUT2D eigenvalue weighted by atomic mass is 9.87. The van der Waals surface area contributed by atoms with Crippen LogP contribution in [0.4, 0.5) is 4.79 Å². The fourth-order valence-corrected chi connectivity index (χ4v) is 1.99. The van der Waals surface area contributed by atoms with Crippen LogP contribution in [0.25, 0.3) is 0 Å². The van der Waals surface area contributed by atoms with Crippen molar-refractivity contribution in [2.45, 2.75) is 40.3 Å². The highest BCUT2D eigenvalue weighted by Gasteiger charge is 2.33. The molecular weight excluding hydrogens is 268 g/mol. The molecule has 2 amide bonds. The minimum Gasteiger partial charge on any atom is -0.480 e. The number of urea groups is 1. The maximum absolute atomic E-state index is 12.3. The van der Waals surface area contributed by atoms with Crippen molar-refractivity contribution in [3.05, 3.63) is 35.9 Å². The van der Waals surface area contributed by atoms with Crippen LogP contribution in [0.15, 0.2) is 30.3 Å². The average molecular weight is 292 g/mol. The summed E-state index contributed by atoms with van der Waals surface area (Å²) in [5.41, 5.74) is 0.463. The van der Waals surface area contributed by atoms with E-state index < -0.39 is 17.4 Å². The maximum atomic E-state index is 12.3. The lowest BCUT2D eigenvalue weighted by Gasteiger charge is -2.30. The van der Waals surface area contributed by atoms with Gasteiger partial charge >= 0.3 is 12.0 Å². The lowest BCUT2D eigenvalue weighted by Crippen LogP contribution is -2.53. The van der Waals surface area contributed by atoms with Gasteiger partial charge in [0.1, 0.15) is 6.04 Å². The molecule has 116 valence electrons. The maximum Gasteiger partial charge on any atom is 0.326 e. The Bertz CT molecular complexity index is 480. The fourth-order valence-electron chi connectivity index (χ4n) is 1.99. The first-order chi connectivity index (χ1) is 9.75. The van der Waals surface area contributed by atoms with Gasteiger partial charge in [-0.05, 0) is 17.9 Å². The molecule has 1 unspecified atom stereocenters. The Morgan fingerprint density at radius 2 is 1.81 bits per heavy atom. The van der Waals surface area contributed by atoms with Crippen LogP contribution in [-0.4, -0.2) is 34.6 Å². The third-order valence-electron chi connectivity index (χ3n) is 3.27. The van der Waals surface area contributed by atoms with Gasteiger partial charge in [-0.15, -0.1) is 0 Å². The minimum atomic E-state index is -1.02. The first-order valence-electron chi connectivity index (χ1n) is 7.08. The zero-order valence-electron chi connectivity index (χ0n) is 13.1. The van der Waals surface area contributed by atoms with E-state index in [-0.39, 0.29) is 6.03 Å². The Labute approximate surface area is 126 Å². The van der Waals surface area contributed by atoms with E-state index in [0.717, 1.165) is 5.56 Å². The molecule has 21 heavy (non-hydrogen) atoms. The number of rotatable bonds is 5. The molecular formula is C16H24N2O3. The highest BCUT2D eigenvalue weighted by Crippen LogP contribution is 2.19. The van der Waals surface area contributed by atoms with Crippen molar-refractivity contribution in [1.82, 2.24) is 10.2 Å². The van der Waals surface area contributed by atoms with E-state index in [9.17, 15) is 14.7 Å². The second kappa shape index (κ2) is 7.11. The largest absolute Gasteiger partial charge is 0.480 e. The van der Waals surface area contributed by atoms with Gasteiger partial charge in [-0.25, -0.2) is 9.59 Å². The van der Waals surface area contributed by atoms with Crippen LogP contribution in [0.3, 0.4) is 0 Å².